The van der Waals surface area contributed by atoms with Crippen LogP contribution in [0.2, 0.25) is 15.1 Å². The number of hydrogen-bond acceptors (Lipinski definition) is 6. The van der Waals surface area contributed by atoms with E-state index in [4.69, 9.17) is 50.0 Å². The number of halogens is 3. The van der Waals surface area contributed by atoms with Gasteiger partial charge in [0, 0.05) is 21.7 Å². The maximum Gasteiger partial charge on any atom is 0.340 e. The maximum absolute atomic E-state index is 13.1. The highest BCUT2D eigenvalue weighted by atomic mass is 35.5. The Morgan fingerprint density at radius 2 is 1.60 bits per heavy atom. The molecule has 1 heterocycles. The molecule has 0 aliphatic rings. The molecule has 4 aromatic carbocycles. The molecular weight excluding hydrogens is 603 g/mol. The van der Waals surface area contributed by atoms with E-state index in [9.17, 15) is 14.4 Å². The van der Waals surface area contributed by atoms with Crippen molar-refractivity contribution in [3.05, 3.63) is 111 Å². The quantitative estimate of drug-likeness (QED) is 0.162. The highest BCUT2D eigenvalue weighted by Crippen LogP contribution is 2.30. The number of aromatic nitrogens is 2. The lowest BCUT2D eigenvalue weighted by molar-refractivity contribution is -0.125. The van der Waals surface area contributed by atoms with E-state index in [1.54, 1.807) is 60.7 Å². The molecule has 2 amide bonds. The van der Waals surface area contributed by atoms with E-state index >= 15 is 0 Å². The van der Waals surface area contributed by atoms with Crippen molar-refractivity contribution in [2.75, 3.05) is 12.4 Å². The summed E-state index contributed by atoms with van der Waals surface area (Å²) in [6.07, 6.45) is -1.15. The van der Waals surface area contributed by atoms with Gasteiger partial charge in [-0.15, -0.1) is 0 Å². The minimum absolute atomic E-state index is 0.0129. The van der Waals surface area contributed by atoms with Gasteiger partial charge < -0.3 is 25.5 Å². The zero-order chi connectivity index (χ0) is 30.0. The van der Waals surface area contributed by atoms with E-state index in [1.165, 1.54) is 25.3 Å². The predicted octanol–water partition coefficient (Wildman–Crippen LogP) is 6.83. The smallest absolute Gasteiger partial charge is 0.340 e. The van der Waals surface area contributed by atoms with E-state index in [-0.39, 0.29) is 17.0 Å². The number of fused-ring (bicyclic) bond motifs is 1. The third-order valence-electron chi connectivity index (χ3n) is 6.27. The molecule has 0 fully saturated rings. The fourth-order valence-electron chi connectivity index (χ4n) is 4.16. The van der Waals surface area contributed by atoms with Crippen molar-refractivity contribution in [1.82, 2.24) is 9.97 Å². The summed E-state index contributed by atoms with van der Waals surface area (Å²) in [6.45, 7) is 0. The van der Waals surface area contributed by atoms with Gasteiger partial charge in [0.05, 0.1) is 39.4 Å². The number of primary amides is 1. The molecule has 0 saturated heterocycles. The third-order valence-corrected chi connectivity index (χ3v) is 7.25. The molecule has 0 aliphatic carbocycles. The number of imidazole rings is 1. The molecule has 5 aromatic rings. The van der Waals surface area contributed by atoms with Gasteiger partial charge in [-0.3, -0.25) is 9.59 Å². The molecule has 1 atom stereocenters. The van der Waals surface area contributed by atoms with E-state index in [1.807, 2.05) is 0 Å². The number of ether oxygens (including phenoxy) is 2. The average molecular weight is 624 g/mol. The molecule has 42 heavy (non-hydrogen) atoms. The first-order valence-electron chi connectivity index (χ1n) is 12.3. The number of benzene rings is 4. The predicted molar refractivity (Wildman–Crippen MR) is 161 cm³/mol. The van der Waals surface area contributed by atoms with E-state index in [2.05, 4.69) is 15.3 Å². The SMILES string of the molecule is COC(=O)c1cc(OC(C(N)=O)c2ccc(Cl)cc2)ccc1NC(=O)c1ccc(-c2nc3cc(Cl)c(Cl)cc3[nH]2)cc1. The van der Waals surface area contributed by atoms with Crippen molar-refractivity contribution in [3.63, 3.8) is 0 Å². The first-order valence-corrected chi connectivity index (χ1v) is 13.5. The zero-order valence-corrected chi connectivity index (χ0v) is 24.1. The van der Waals surface area contributed by atoms with E-state index in [0.29, 0.717) is 37.5 Å². The average Bonchev–Trinajstić information content (AvgIpc) is 3.39. The van der Waals surface area contributed by atoms with Gasteiger partial charge in [0.25, 0.3) is 11.8 Å². The topological polar surface area (TPSA) is 136 Å². The lowest BCUT2D eigenvalue weighted by atomic mass is 10.1. The Kier molecular flexibility index (Phi) is 8.35. The second-order valence-electron chi connectivity index (χ2n) is 9.05. The molecule has 1 aromatic heterocycles. The molecule has 0 bridgehead atoms. The fourth-order valence-corrected chi connectivity index (χ4v) is 4.61. The van der Waals surface area contributed by atoms with Crippen molar-refractivity contribution < 1.29 is 23.9 Å². The number of methoxy groups -OCH3 is 1. The number of esters is 1. The number of H-pyrrole nitrogens is 1. The highest BCUT2D eigenvalue weighted by Gasteiger charge is 2.22. The first kappa shape index (κ1) is 28.9. The van der Waals surface area contributed by atoms with Crippen molar-refractivity contribution in [3.8, 4) is 17.1 Å². The number of carbonyl (C=O) groups is 3. The number of amides is 2. The molecule has 1 unspecified atom stereocenters. The van der Waals surface area contributed by atoms with Crippen LogP contribution in [0.15, 0.2) is 78.9 Å². The molecular formula is C30H21Cl3N4O5. The van der Waals surface area contributed by atoms with Crippen molar-refractivity contribution in [1.29, 1.82) is 0 Å². The van der Waals surface area contributed by atoms with Crippen molar-refractivity contribution in [2.24, 2.45) is 5.73 Å². The summed E-state index contributed by atoms with van der Waals surface area (Å²) in [5, 5.41) is 4.01. The van der Waals surface area contributed by atoms with E-state index < -0.39 is 23.9 Å². The molecule has 0 radical (unpaired) electrons. The largest absolute Gasteiger partial charge is 0.476 e. The molecule has 12 heteroatoms. The summed E-state index contributed by atoms with van der Waals surface area (Å²) in [4.78, 5) is 45.5. The first-order chi connectivity index (χ1) is 20.1. The highest BCUT2D eigenvalue weighted by molar-refractivity contribution is 6.42. The van der Waals surface area contributed by atoms with E-state index in [0.717, 1.165) is 11.1 Å². The summed E-state index contributed by atoms with van der Waals surface area (Å²) in [5.74, 6) is -1.21. The number of nitrogens with zero attached hydrogens (tertiary/aromatic N) is 1. The Hall–Kier alpha value is -4.57. The normalized spacial score (nSPS) is 11.6. The number of anilines is 1. The molecule has 0 aliphatic heterocycles. The summed E-state index contributed by atoms with van der Waals surface area (Å²) >= 11 is 18.1. The Balaban J connectivity index is 1.36. The van der Waals surface area contributed by atoms with Crippen molar-refractivity contribution >= 4 is 69.3 Å². The minimum atomic E-state index is -1.15. The standard InChI is InChI=1S/C30H21Cl3N4O5/c1-41-30(40)20-12-19(42-26(27(34)38)15-6-8-18(31)9-7-15)10-11-23(20)37-29(39)17-4-2-16(3-5-17)28-35-24-13-21(32)22(33)14-25(24)36-28/h2-14,26H,1H3,(H2,34,38)(H,35,36)(H,37,39). The van der Waals surface area contributed by atoms with Crippen molar-refractivity contribution in [2.45, 2.75) is 6.10 Å². The molecule has 0 spiro atoms. The Morgan fingerprint density at radius 1 is 0.905 bits per heavy atom. The number of nitrogens with two attached hydrogens (primary N) is 1. The fraction of sp³-hybridized carbons (Fsp3) is 0.0667. The Bertz CT molecular complexity index is 1780. The Labute approximate surface area is 254 Å². The zero-order valence-electron chi connectivity index (χ0n) is 21.8. The van der Waals surface area contributed by atoms with Gasteiger partial charge in [0.15, 0.2) is 0 Å². The second kappa shape index (κ2) is 12.1. The van der Waals surface area contributed by atoms with Gasteiger partial charge in [-0.2, -0.15) is 0 Å². The van der Waals surface area contributed by atoms with Crippen LogP contribution in [0.4, 0.5) is 5.69 Å². The van der Waals surface area contributed by atoms with Gasteiger partial charge >= 0.3 is 5.97 Å². The summed E-state index contributed by atoms with van der Waals surface area (Å²) in [7, 11) is 1.21. The van der Waals surface area contributed by atoms with Gasteiger partial charge in [-0.05, 0) is 54.6 Å². The van der Waals surface area contributed by atoms with Gasteiger partial charge in [0.1, 0.15) is 11.6 Å². The second-order valence-corrected chi connectivity index (χ2v) is 10.3. The van der Waals surface area contributed by atoms with Gasteiger partial charge in [0.2, 0.25) is 6.10 Å². The minimum Gasteiger partial charge on any atom is -0.476 e. The molecule has 9 nitrogen and oxygen atoms in total. The number of rotatable bonds is 8. The van der Waals surface area contributed by atoms with Crippen LogP contribution in [0.5, 0.6) is 5.75 Å². The third kappa shape index (κ3) is 6.18. The molecule has 212 valence electrons. The van der Waals surface area contributed by atoms with Crippen LogP contribution in [-0.2, 0) is 9.53 Å². The summed E-state index contributed by atoms with van der Waals surface area (Å²) < 4.78 is 10.7. The van der Waals surface area contributed by atoms with Crippen LogP contribution in [0.3, 0.4) is 0 Å². The van der Waals surface area contributed by atoms with Crippen LogP contribution in [0.25, 0.3) is 22.4 Å². The summed E-state index contributed by atoms with van der Waals surface area (Å²) in [6, 6.07) is 20.8. The molecule has 0 saturated carbocycles. The number of nitrogens with one attached hydrogen (secondary N) is 2. The molecule has 5 rings (SSSR count). The van der Waals surface area contributed by atoms with Crippen LogP contribution in [-0.4, -0.2) is 34.9 Å². The number of carbonyl (C=O) groups excluding carboxylic acids is 3. The number of aromatic amines is 1. The summed E-state index contributed by atoms with van der Waals surface area (Å²) in [5.41, 5.74) is 8.65. The maximum atomic E-state index is 13.1. The van der Waals surface area contributed by atoms with Crippen LogP contribution in [0.1, 0.15) is 32.4 Å². The lowest BCUT2D eigenvalue weighted by Gasteiger charge is -2.18. The number of hydrogen-bond donors (Lipinski definition) is 3. The lowest BCUT2D eigenvalue weighted by Crippen LogP contribution is -2.26. The van der Waals surface area contributed by atoms with Gasteiger partial charge in [-0.1, -0.05) is 59.1 Å². The van der Waals surface area contributed by atoms with Gasteiger partial charge in [-0.25, -0.2) is 9.78 Å². The Morgan fingerprint density at radius 3 is 2.26 bits per heavy atom. The van der Waals surface area contributed by atoms with Crippen LogP contribution >= 0.6 is 34.8 Å². The molecule has 4 N–H and O–H groups in total. The monoisotopic (exact) mass is 622 g/mol. The van der Waals surface area contributed by atoms with Crippen LogP contribution in [0, 0.1) is 0 Å². The van der Waals surface area contributed by atoms with Crippen LogP contribution < -0.4 is 15.8 Å².